The summed E-state index contributed by atoms with van der Waals surface area (Å²) in [4.78, 5) is 24.8. The van der Waals surface area contributed by atoms with E-state index < -0.39 is 10.0 Å². The Morgan fingerprint density at radius 1 is 1.17 bits per heavy atom. The molecule has 0 saturated heterocycles. The molecule has 2 N–H and O–H groups in total. The van der Waals surface area contributed by atoms with Gasteiger partial charge in [0, 0.05) is 37.0 Å². The van der Waals surface area contributed by atoms with Crippen molar-refractivity contribution >= 4 is 39.3 Å². The molecule has 0 aliphatic carbocycles. The Morgan fingerprint density at radius 2 is 1.90 bits per heavy atom. The Kier molecular flexibility index (Phi) is 6.73. The second-order valence-electron chi connectivity index (χ2n) is 6.48. The van der Waals surface area contributed by atoms with E-state index in [1.807, 2.05) is 24.7 Å². The maximum absolute atomic E-state index is 12.6. The summed E-state index contributed by atoms with van der Waals surface area (Å²) in [5.41, 5.74) is 1.15. The van der Waals surface area contributed by atoms with Crippen LogP contribution in [-0.2, 0) is 21.9 Å². The molecular weight excluding hydrogens is 424 g/mol. The summed E-state index contributed by atoms with van der Waals surface area (Å²) in [6, 6.07) is 7.59. The highest BCUT2D eigenvalue weighted by molar-refractivity contribution is 8.00. The van der Waals surface area contributed by atoms with Gasteiger partial charge in [0.1, 0.15) is 0 Å². The number of sulfonamides is 1. The van der Waals surface area contributed by atoms with E-state index >= 15 is 0 Å². The van der Waals surface area contributed by atoms with Gasteiger partial charge in [0.25, 0.3) is 10.0 Å². The molecule has 3 rings (SSSR count). The number of carbonyl (C=O) groups is 1. The predicted octanol–water partition coefficient (Wildman–Crippen LogP) is 2.83. The molecule has 0 fully saturated rings. The number of nitrogens with zero attached hydrogens (tertiary/aromatic N) is 4. The van der Waals surface area contributed by atoms with Crippen LogP contribution in [0.3, 0.4) is 0 Å². The summed E-state index contributed by atoms with van der Waals surface area (Å²) in [6.45, 7) is 3.67. The largest absolute Gasteiger partial charge is 0.329 e. The summed E-state index contributed by atoms with van der Waals surface area (Å²) < 4.78 is 29.2. The van der Waals surface area contributed by atoms with Crippen molar-refractivity contribution in [1.82, 2.24) is 19.5 Å². The number of amides is 1. The van der Waals surface area contributed by atoms with Crippen molar-refractivity contribution in [2.75, 3.05) is 10.0 Å². The number of anilines is 2. The number of rotatable bonds is 8. The number of thioether (sulfide) groups is 1. The van der Waals surface area contributed by atoms with Crippen LogP contribution < -0.4 is 10.0 Å². The van der Waals surface area contributed by atoms with Crippen LogP contribution in [0.1, 0.15) is 19.0 Å². The first-order chi connectivity index (χ1) is 14.3. The van der Waals surface area contributed by atoms with E-state index in [1.54, 1.807) is 31.3 Å². The number of aryl methyl sites for hydroxylation is 2. The summed E-state index contributed by atoms with van der Waals surface area (Å²) in [6.07, 6.45) is 5.60. The lowest BCUT2D eigenvalue weighted by Crippen LogP contribution is -2.25. The summed E-state index contributed by atoms with van der Waals surface area (Å²) in [5.74, 6) is -0.170. The molecule has 3 aromatic rings. The summed E-state index contributed by atoms with van der Waals surface area (Å²) in [7, 11) is -1.97. The minimum atomic E-state index is -3.84. The van der Waals surface area contributed by atoms with Crippen molar-refractivity contribution in [3.63, 3.8) is 0 Å². The molecule has 0 radical (unpaired) electrons. The van der Waals surface area contributed by atoms with Crippen molar-refractivity contribution in [2.24, 2.45) is 7.05 Å². The average Bonchev–Trinajstić information content (AvgIpc) is 3.10. The van der Waals surface area contributed by atoms with E-state index in [9.17, 15) is 13.2 Å². The second kappa shape index (κ2) is 9.26. The van der Waals surface area contributed by atoms with Gasteiger partial charge in [-0.25, -0.2) is 28.1 Å². The first kappa shape index (κ1) is 21.8. The van der Waals surface area contributed by atoms with Gasteiger partial charge in [0.05, 0.1) is 10.1 Å². The van der Waals surface area contributed by atoms with E-state index in [0.717, 1.165) is 5.16 Å². The number of imidazole rings is 1. The lowest BCUT2D eigenvalue weighted by molar-refractivity contribution is -0.115. The van der Waals surface area contributed by atoms with Gasteiger partial charge in [-0.15, -0.1) is 0 Å². The lowest BCUT2D eigenvalue weighted by atomic mass is 10.3. The molecule has 2 aromatic heterocycles. The molecular formula is C19H22N6O3S2. The number of nitrogens with one attached hydrogen (secondary N) is 2. The third-order valence-electron chi connectivity index (χ3n) is 4.14. The summed E-state index contributed by atoms with van der Waals surface area (Å²) >= 11 is 1.38. The third-order valence-corrected chi connectivity index (χ3v) is 6.92. The zero-order valence-corrected chi connectivity index (χ0v) is 18.4. The van der Waals surface area contributed by atoms with Gasteiger partial charge in [0.15, 0.2) is 5.16 Å². The predicted molar refractivity (Wildman–Crippen MR) is 116 cm³/mol. The van der Waals surface area contributed by atoms with Gasteiger partial charge in [-0.1, -0.05) is 18.7 Å². The molecule has 0 spiro atoms. The van der Waals surface area contributed by atoms with Crippen molar-refractivity contribution in [3.05, 3.63) is 54.6 Å². The van der Waals surface area contributed by atoms with Crippen LogP contribution >= 0.6 is 11.8 Å². The van der Waals surface area contributed by atoms with Crippen molar-refractivity contribution in [3.8, 4) is 0 Å². The van der Waals surface area contributed by atoms with Crippen LogP contribution in [0.5, 0.6) is 0 Å². The summed E-state index contributed by atoms with van der Waals surface area (Å²) in [5, 5.41) is 3.25. The molecule has 0 bridgehead atoms. The molecule has 2 heterocycles. The smallest absolute Gasteiger partial charge is 0.264 e. The topological polar surface area (TPSA) is 119 Å². The Balaban J connectivity index is 1.67. The zero-order valence-electron chi connectivity index (χ0n) is 16.7. The van der Waals surface area contributed by atoms with Crippen LogP contribution in [-0.4, -0.2) is 39.1 Å². The number of hydrogen-bond donors (Lipinski definition) is 2. The van der Waals surface area contributed by atoms with Gasteiger partial charge in [-0.3, -0.25) is 4.79 Å². The highest BCUT2D eigenvalue weighted by Crippen LogP contribution is 2.25. The fourth-order valence-corrected chi connectivity index (χ4v) is 4.42. The van der Waals surface area contributed by atoms with Crippen molar-refractivity contribution < 1.29 is 13.2 Å². The highest BCUT2D eigenvalue weighted by Gasteiger charge is 2.21. The van der Waals surface area contributed by atoms with Gasteiger partial charge in [-0.05, 0) is 43.7 Å². The molecule has 1 aromatic carbocycles. The maximum Gasteiger partial charge on any atom is 0.264 e. The molecule has 30 heavy (non-hydrogen) atoms. The SMILES string of the molecule is CCC(Sc1nccn1C)C(=O)Nc1ccc(S(=O)(=O)Nc2nccc(C)n2)cc1. The van der Waals surface area contributed by atoms with E-state index in [1.165, 1.54) is 30.1 Å². The van der Waals surface area contributed by atoms with E-state index in [0.29, 0.717) is 17.8 Å². The van der Waals surface area contributed by atoms with Crippen molar-refractivity contribution in [2.45, 2.75) is 35.6 Å². The van der Waals surface area contributed by atoms with Crippen molar-refractivity contribution in [1.29, 1.82) is 0 Å². The van der Waals surface area contributed by atoms with Gasteiger partial charge >= 0.3 is 0 Å². The minimum Gasteiger partial charge on any atom is -0.329 e. The quantitative estimate of drug-likeness (QED) is 0.511. The second-order valence-corrected chi connectivity index (χ2v) is 9.33. The number of hydrogen-bond acceptors (Lipinski definition) is 7. The molecule has 1 unspecified atom stereocenters. The first-order valence-corrected chi connectivity index (χ1v) is 11.5. The normalized spacial score (nSPS) is 12.4. The molecule has 1 amide bonds. The molecule has 158 valence electrons. The van der Waals surface area contributed by atoms with Crippen LogP contribution in [0.2, 0.25) is 0 Å². The Bertz CT molecular complexity index is 1130. The van der Waals surface area contributed by atoms with Crippen LogP contribution in [0.4, 0.5) is 11.6 Å². The average molecular weight is 447 g/mol. The van der Waals surface area contributed by atoms with Gasteiger partial charge in [-0.2, -0.15) is 0 Å². The minimum absolute atomic E-state index is 0.00414. The third kappa shape index (κ3) is 5.36. The molecule has 11 heteroatoms. The molecule has 1 atom stereocenters. The monoisotopic (exact) mass is 446 g/mol. The fourth-order valence-electron chi connectivity index (χ4n) is 2.53. The molecule has 0 aliphatic rings. The Labute approximate surface area is 179 Å². The number of aromatic nitrogens is 4. The maximum atomic E-state index is 12.6. The fraction of sp³-hybridized carbons (Fsp3) is 0.263. The molecule has 0 aliphatic heterocycles. The standard InChI is InChI=1S/C19H22N6O3S2/c1-4-16(29-19-21-11-12-25(19)3)17(26)23-14-5-7-15(8-6-14)30(27,28)24-18-20-10-9-13(2)22-18/h5-12,16H,4H2,1-3H3,(H,23,26)(H,20,22,24). The first-order valence-electron chi connectivity index (χ1n) is 9.16. The van der Waals surface area contributed by atoms with Crippen LogP contribution in [0.25, 0.3) is 0 Å². The Hall–Kier alpha value is -2.92. The van der Waals surface area contributed by atoms with Gasteiger partial charge < -0.3 is 9.88 Å². The van der Waals surface area contributed by atoms with Crippen LogP contribution in [0, 0.1) is 6.92 Å². The highest BCUT2D eigenvalue weighted by atomic mass is 32.2. The molecule has 0 saturated carbocycles. The number of benzene rings is 1. The van der Waals surface area contributed by atoms with E-state index in [2.05, 4.69) is 25.0 Å². The van der Waals surface area contributed by atoms with Crippen LogP contribution in [0.15, 0.2) is 59.0 Å². The Morgan fingerprint density at radius 3 is 2.50 bits per heavy atom. The molecule has 9 nitrogen and oxygen atoms in total. The van der Waals surface area contributed by atoms with E-state index in [4.69, 9.17) is 0 Å². The van der Waals surface area contributed by atoms with Gasteiger partial charge in [0.2, 0.25) is 11.9 Å². The zero-order chi connectivity index (χ0) is 21.7. The van der Waals surface area contributed by atoms with E-state index in [-0.39, 0.29) is 22.0 Å². The lowest BCUT2D eigenvalue weighted by Gasteiger charge is -2.14. The number of carbonyl (C=O) groups excluding carboxylic acids is 1.